The third kappa shape index (κ3) is 7.12. The second-order valence-corrected chi connectivity index (χ2v) is 10.4. The van der Waals surface area contributed by atoms with E-state index >= 15 is 0 Å². The van der Waals surface area contributed by atoms with Gasteiger partial charge in [-0.2, -0.15) is 13.2 Å². The van der Waals surface area contributed by atoms with Gasteiger partial charge in [0.1, 0.15) is 5.75 Å². The van der Waals surface area contributed by atoms with Gasteiger partial charge < -0.3 is 35.1 Å². The number of likely N-dealkylation sites (tertiary alicyclic amines) is 1. The first kappa shape index (κ1) is 31.1. The van der Waals surface area contributed by atoms with E-state index < -0.39 is 42.0 Å². The molecule has 2 aromatic carbocycles. The number of carbonyl (C=O) groups excluding carboxylic acids is 3. The third-order valence-electron chi connectivity index (χ3n) is 7.31. The zero-order valence-electron chi connectivity index (χ0n) is 23.1. The molecule has 0 radical (unpaired) electrons. The van der Waals surface area contributed by atoms with Crippen LogP contribution in [0, 0.1) is 0 Å². The van der Waals surface area contributed by atoms with Crippen LogP contribution < -0.4 is 15.8 Å². The average molecular weight is 613 g/mol. The highest BCUT2D eigenvalue weighted by Crippen LogP contribution is 2.38. The standard InChI is InChI=1S/C28H32ClF3N4O6/c1-3-41-25(37)23(14-16-12-20(28(30,31)32)24(33)21(29)13-16)42-27(39)35-9-7-18(8-10-35)36-11-6-17-15-19(40-2)4-5-22(17)34-26(36)38/h4-5,12-13,15,18,23H,3,6-11,14,33H2,1-2H3,(H,34,38)/t23-/m1/s1. The number of piperidine rings is 1. The van der Waals surface area contributed by atoms with E-state index in [-0.39, 0.29) is 42.4 Å². The van der Waals surface area contributed by atoms with Gasteiger partial charge in [0.05, 0.1) is 30.0 Å². The molecule has 2 aliphatic heterocycles. The van der Waals surface area contributed by atoms with Gasteiger partial charge >= 0.3 is 24.3 Å². The van der Waals surface area contributed by atoms with E-state index in [2.05, 4.69) is 5.32 Å². The zero-order chi connectivity index (χ0) is 30.6. The van der Waals surface area contributed by atoms with E-state index in [9.17, 15) is 27.6 Å². The maximum absolute atomic E-state index is 13.4. The van der Waals surface area contributed by atoms with Crippen molar-refractivity contribution < 1.29 is 41.8 Å². The number of rotatable bonds is 7. The Balaban J connectivity index is 1.39. The normalized spacial score (nSPS) is 16.7. The number of urea groups is 1. The summed E-state index contributed by atoms with van der Waals surface area (Å²) in [5, 5.41) is 2.60. The maximum atomic E-state index is 13.4. The molecule has 3 amide bonds. The van der Waals surface area contributed by atoms with Crippen molar-refractivity contribution in [3.05, 3.63) is 52.0 Å². The number of ether oxygens (including phenoxy) is 3. The number of hydrogen-bond acceptors (Lipinski definition) is 7. The van der Waals surface area contributed by atoms with Crippen LogP contribution in [0.3, 0.4) is 0 Å². The molecule has 0 aliphatic carbocycles. The molecule has 3 N–H and O–H groups in total. The Morgan fingerprint density at radius 3 is 2.52 bits per heavy atom. The minimum atomic E-state index is -4.77. The van der Waals surface area contributed by atoms with Gasteiger partial charge in [-0.25, -0.2) is 14.4 Å². The maximum Gasteiger partial charge on any atom is 0.418 e. The molecule has 0 spiro atoms. The number of alkyl halides is 3. The van der Waals surface area contributed by atoms with Crippen molar-refractivity contribution in [3.63, 3.8) is 0 Å². The summed E-state index contributed by atoms with van der Waals surface area (Å²) in [5.74, 6) is -0.204. The number of amides is 3. The summed E-state index contributed by atoms with van der Waals surface area (Å²) in [6, 6.07) is 7.06. The molecule has 1 saturated heterocycles. The van der Waals surface area contributed by atoms with E-state index in [0.29, 0.717) is 31.6 Å². The molecule has 2 aliphatic rings. The van der Waals surface area contributed by atoms with Crippen molar-refractivity contribution in [2.24, 2.45) is 0 Å². The number of esters is 1. The van der Waals surface area contributed by atoms with Crippen LogP contribution in [0.2, 0.25) is 5.02 Å². The molecule has 14 heteroatoms. The van der Waals surface area contributed by atoms with Crippen LogP contribution in [0.15, 0.2) is 30.3 Å². The Hall–Kier alpha value is -3.87. The summed E-state index contributed by atoms with van der Waals surface area (Å²) in [4.78, 5) is 41.8. The molecule has 1 atom stereocenters. The summed E-state index contributed by atoms with van der Waals surface area (Å²) in [7, 11) is 1.58. The van der Waals surface area contributed by atoms with Crippen LogP contribution in [-0.2, 0) is 33.3 Å². The number of hydrogen-bond donors (Lipinski definition) is 2. The molecule has 4 rings (SSSR count). The van der Waals surface area contributed by atoms with E-state index in [1.54, 1.807) is 31.1 Å². The molecule has 10 nitrogen and oxygen atoms in total. The van der Waals surface area contributed by atoms with Crippen molar-refractivity contribution in [2.75, 3.05) is 44.4 Å². The van der Waals surface area contributed by atoms with Crippen LogP contribution in [0.25, 0.3) is 0 Å². The number of nitrogens with zero attached hydrogens (tertiary/aromatic N) is 2. The largest absolute Gasteiger partial charge is 0.497 e. The Morgan fingerprint density at radius 1 is 1.17 bits per heavy atom. The molecule has 0 unspecified atom stereocenters. The lowest BCUT2D eigenvalue weighted by atomic mass is 10.0. The number of halogens is 4. The Kier molecular flexibility index (Phi) is 9.60. The second-order valence-electron chi connectivity index (χ2n) is 9.98. The first-order valence-electron chi connectivity index (χ1n) is 13.4. The quantitative estimate of drug-likeness (QED) is 0.329. The highest BCUT2D eigenvalue weighted by Gasteiger charge is 2.36. The fourth-order valence-electron chi connectivity index (χ4n) is 5.11. The van der Waals surface area contributed by atoms with Gasteiger partial charge in [-0.3, -0.25) is 0 Å². The van der Waals surface area contributed by atoms with Crippen molar-refractivity contribution in [1.29, 1.82) is 0 Å². The number of anilines is 2. The fraction of sp³-hybridized carbons (Fsp3) is 0.464. The zero-order valence-corrected chi connectivity index (χ0v) is 23.9. The third-order valence-corrected chi connectivity index (χ3v) is 7.62. The Morgan fingerprint density at radius 2 is 1.88 bits per heavy atom. The van der Waals surface area contributed by atoms with E-state index in [0.717, 1.165) is 17.3 Å². The lowest BCUT2D eigenvalue weighted by Crippen LogP contribution is -2.50. The smallest absolute Gasteiger partial charge is 0.418 e. The molecule has 0 aromatic heterocycles. The number of fused-ring (bicyclic) bond motifs is 1. The molecular weight excluding hydrogens is 581 g/mol. The van der Waals surface area contributed by atoms with Gasteiger partial charge in [-0.05, 0) is 67.6 Å². The van der Waals surface area contributed by atoms with Crippen LogP contribution in [0.5, 0.6) is 5.75 Å². The number of carbonyl (C=O) groups is 3. The topological polar surface area (TPSA) is 123 Å². The molecule has 42 heavy (non-hydrogen) atoms. The predicted molar refractivity (Wildman–Crippen MR) is 148 cm³/mol. The molecule has 2 aromatic rings. The van der Waals surface area contributed by atoms with Crippen LogP contribution >= 0.6 is 11.6 Å². The molecule has 1 fully saturated rings. The van der Waals surface area contributed by atoms with Crippen molar-refractivity contribution >= 4 is 41.1 Å². The first-order chi connectivity index (χ1) is 19.9. The Bertz CT molecular complexity index is 1330. The Labute approximate surface area is 245 Å². The summed E-state index contributed by atoms with van der Waals surface area (Å²) in [6.45, 7) is 2.50. The fourth-order valence-corrected chi connectivity index (χ4v) is 5.35. The predicted octanol–water partition coefficient (Wildman–Crippen LogP) is 5.12. The SMILES string of the molecule is CCOC(=O)[C@@H](Cc1cc(Cl)c(N)c(C(F)(F)F)c1)OC(=O)N1CCC(N2CCc3cc(OC)ccc3NC2=O)CC1. The molecule has 0 bridgehead atoms. The van der Waals surface area contributed by atoms with Crippen LogP contribution in [0.4, 0.5) is 34.1 Å². The van der Waals surface area contributed by atoms with Gasteiger partial charge in [0.2, 0.25) is 6.10 Å². The second kappa shape index (κ2) is 13.0. The van der Waals surface area contributed by atoms with Gasteiger partial charge in [-0.1, -0.05) is 11.6 Å². The highest BCUT2D eigenvalue weighted by molar-refractivity contribution is 6.33. The minimum absolute atomic E-state index is 0.00289. The van der Waals surface area contributed by atoms with Crippen molar-refractivity contribution in [2.45, 2.75) is 50.9 Å². The molecule has 0 saturated carbocycles. The van der Waals surface area contributed by atoms with E-state index in [4.69, 9.17) is 31.5 Å². The summed E-state index contributed by atoms with van der Waals surface area (Å²) in [5.41, 5.74) is 5.39. The van der Waals surface area contributed by atoms with Gasteiger partial charge in [0.25, 0.3) is 0 Å². The van der Waals surface area contributed by atoms with Crippen molar-refractivity contribution in [3.8, 4) is 5.75 Å². The molecular formula is C28H32ClF3N4O6. The van der Waals surface area contributed by atoms with Gasteiger partial charge in [0.15, 0.2) is 0 Å². The average Bonchev–Trinajstić information content (AvgIpc) is 3.11. The summed E-state index contributed by atoms with van der Waals surface area (Å²) < 4.78 is 56.0. The number of methoxy groups -OCH3 is 1. The lowest BCUT2D eigenvalue weighted by Gasteiger charge is -2.37. The number of nitrogens with one attached hydrogen (secondary N) is 1. The van der Waals surface area contributed by atoms with Crippen LogP contribution in [-0.4, -0.2) is 73.4 Å². The van der Waals surface area contributed by atoms with Gasteiger partial charge in [0, 0.05) is 37.8 Å². The summed E-state index contributed by atoms with van der Waals surface area (Å²) >= 11 is 5.92. The van der Waals surface area contributed by atoms with Crippen molar-refractivity contribution in [1.82, 2.24) is 9.80 Å². The lowest BCUT2D eigenvalue weighted by molar-refractivity contribution is -0.153. The van der Waals surface area contributed by atoms with Gasteiger partial charge in [-0.15, -0.1) is 0 Å². The van der Waals surface area contributed by atoms with Crippen LogP contribution in [0.1, 0.15) is 36.5 Å². The molecule has 228 valence electrons. The van der Waals surface area contributed by atoms with E-state index in [1.807, 2.05) is 6.07 Å². The number of nitrogens with two attached hydrogens (primary N) is 1. The highest BCUT2D eigenvalue weighted by atomic mass is 35.5. The molecule has 2 heterocycles. The monoisotopic (exact) mass is 612 g/mol. The number of nitrogen functional groups attached to an aromatic ring is 1. The van der Waals surface area contributed by atoms with E-state index in [1.165, 1.54) is 11.0 Å². The first-order valence-corrected chi connectivity index (χ1v) is 13.8. The number of benzene rings is 2. The minimum Gasteiger partial charge on any atom is -0.497 e. The summed E-state index contributed by atoms with van der Waals surface area (Å²) in [6.07, 6.45) is -5.94.